The van der Waals surface area contributed by atoms with Crippen LogP contribution in [0, 0.1) is 28.4 Å². The summed E-state index contributed by atoms with van der Waals surface area (Å²) in [4.78, 5) is 27.8. The Labute approximate surface area is 201 Å². The van der Waals surface area contributed by atoms with Crippen LogP contribution in [0.2, 0.25) is 5.02 Å². The molecule has 12 heteroatoms. The maximum absolute atomic E-state index is 12.8. The molecule has 0 aliphatic heterocycles. The zero-order valence-corrected chi connectivity index (χ0v) is 19.0. The summed E-state index contributed by atoms with van der Waals surface area (Å²) in [5, 5.41) is 31.8. The van der Waals surface area contributed by atoms with Crippen LogP contribution in [0.3, 0.4) is 0 Å². The number of aromatic amines is 1. The van der Waals surface area contributed by atoms with Gasteiger partial charge in [-0.05, 0) is 31.2 Å². The standard InChI is InChI=1S/C22H14ClN7O3S/c1-13-20(22(31)29(28-13)15-5-3-2-4-6-15)26-27-21-17(11-24)19(23)18(34-21)12-25-14-7-9-16(10-8-14)30(32)33/h2-10,12,28H,1H3. The first kappa shape index (κ1) is 22.8. The van der Waals surface area contributed by atoms with Crippen LogP contribution >= 0.6 is 22.9 Å². The molecule has 4 rings (SSSR count). The van der Waals surface area contributed by atoms with Gasteiger partial charge in [-0.2, -0.15) is 5.26 Å². The number of nitrogens with zero attached hydrogens (tertiary/aromatic N) is 6. The van der Waals surface area contributed by atoms with E-state index in [4.69, 9.17) is 11.6 Å². The number of benzene rings is 2. The van der Waals surface area contributed by atoms with Crippen molar-refractivity contribution in [1.82, 2.24) is 9.78 Å². The first-order chi connectivity index (χ1) is 16.4. The molecular weight excluding hydrogens is 478 g/mol. The number of para-hydroxylation sites is 1. The Balaban J connectivity index is 1.63. The monoisotopic (exact) mass is 491 g/mol. The van der Waals surface area contributed by atoms with Crippen molar-refractivity contribution in [2.24, 2.45) is 15.2 Å². The van der Waals surface area contributed by atoms with Crippen molar-refractivity contribution >= 4 is 51.2 Å². The van der Waals surface area contributed by atoms with Crippen molar-refractivity contribution in [3.05, 3.63) is 96.2 Å². The number of H-pyrrole nitrogens is 1. The van der Waals surface area contributed by atoms with E-state index in [-0.39, 0.29) is 32.5 Å². The van der Waals surface area contributed by atoms with Gasteiger partial charge in [-0.25, -0.2) is 4.68 Å². The minimum absolute atomic E-state index is 0.0473. The van der Waals surface area contributed by atoms with Gasteiger partial charge in [-0.15, -0.1) is 21.6 Å². The number of nitro groups is 1. The van der Waals surface area contributed by atoms with Crippen LogP contribution in [-0.4, -0.2) is 20.9 Å². The van der Waals surface area contributed by atoms with Crippen LogP contribution in [-0.2, 0) is 0 Å². The molecule has 0 radical (unpaired) electrons. The van der Waals surface area contributed by atoms with Gasteiger partial charge in [0.05, 0.1) is 31.9 Å². The van der Waals surface area contributed by atoms with E-state index in [1.807, 2.05) is 24.3 Å². The summed E-state index contributed by atoms with van der Waals surface area (Å²) in [6, 6.07) is 16.7. The lowest BCUT2D eigenvalue weighted by molar-refractivity contribution is -0.384. The summed E-state index contributed by atoms with van der Waals surface area (Å²) in [5.74, 6) is 0. The fraction of sp³-hybridized carbons (Fsp3) is 0.0455. The summed E-state index contributed by atoms with van der Waals surface area (Å²) >= 11 is 7.41. The van der Waals surface area contributed by atoms with Gasteiger partial charge in [0.1, 0.15) is 11.6 Å². The maximum atomic E-state index is 12.8. The van der Waals surface area contributed by atoms with Crippen molar-refractivity contribution in [3.8, 4) is 11.8 Å². The number of aliphatic imine (C=N–C) groups is 1. The second-order valence-corrected chi connectivity index (χ2v) is 8.27. The largest absolute Gasteiger partial charge is 0.299 e. The number of halogens is 1. The molecule has 0 atom stereocenters. The Morgan fingerprint density at radius 1 is 1.18 bits per heavy atom. The average molecular weight is 492 g/mol. The summed E-state index contributed by atoms with van der Waals surface area (Å²) in [5.41, 5.74) is 1.43. The molecule has 10 nitrogen and oxygen atoms in total. The van der Waals surface area contributed by atoms with Crippen molar-refractivity contribution in [2.75, 3.05) is 0 Å². The van der Waals surface area contributed by atoms with Crippen molar-refractivity contribution in [3.63, 3.8) is 0 Å². The van der Waals surface area contributed by atoms with E-state index >= 15 is 0 Å². The molecule has 0 spiro atoms. The van der Waals surface area contributed by atoms with Crippen molar-refractivity contribution in [1.29, 1.82) is 5.26 Å². The third-order valence-electron chi connectivity index (χ3n) is 4.66. The molecule has 0 saturated carbocycles. The SMILES string of the molecule is Cc1[nH]n(-c2ccccc2)c(=O)c1N=Nc1sc(C=Nc2ccc([N+](=O)[O-])cc2)c(Cl)c1C#N. The summed E-state index contributed by atoms with van der Waals surface area (Å²) in [6.45, 7) is 1.70. The molecule has 0 amide bonds. The molecule has 0 saturated heterocycles. The van der Waals surface area contributed by atoms with E-state index in [0.717, 1.165) is 11.3 Å². The molecule has 0 bridgehead atoms. The van der Waals surface area contributed by atoms with Crippen LogP contribution < -0.4 is 5.56 Å². The van der Waals surface area contributed by atoms with E-state index in [0.29, 0.717) is 21.9 Å². The van der Waals surface area contributed by atoms with E-state index in [2.05, 4.69) is 20.3 Å². The number of nitro benzene ring substituents is 1. The highest BCUT2D eigenvalue weighted by molar-refractivity contribution is 7.18. The molecular formula is C22H14ClN7O3S. The van der Waals surface area contributed by atoms with E-state index in [9.17, 15) is 20.2 Å². The minimum Gasteiger partial charge on any atom is -0.293 e. The Morgan fingerprint density at radius 3 is 2.53 bits per heavy atom. The van der Waals surface area contributed by atoms with E-state index in [1.165, 1.54) is 35.2 Å². The molecule has 0 fully saturated rings. The predicted molar refractivity (Wildman–Crippen MR) is 130 cm³/mol. The summed E-state index contributed by atoms with van der Waals surface area (Å²) in [6.07, 6.45) is 1.44. The highest BCUT2D eigenvalue weighted by atomic mass is 35.5. The second-order valence-electron chi connectivity index (χ2n) is 6.87. The maximum Gasteiger partial charge on any atom is 0.299 e. The van der Waals surface area contributed by atoms with Gasteiger partial charge in [0.25, 0.3) is 11.2 Å². The third kappa shape index (κ3) is 4.54. The first-order valence-electron chi connectivity index (χ1n) is 9.68. The first-order valence-corrected chi connectivity index (χ1v) is 10.9. The topological polar surface area (TPSA) is 142 Å². The third-order valence-corrected chi connectivity index (χ3v) is 6.17. The number of aromatic nitrogens is 2. The van der Waals surface area contributed by atoms with E-state index in [1.54, 1.807) is 19.1 Å². The van der Waals surface area contributed by atoms with Gasteiger partial charge in [-0.1, -0.05) is 29.8 Å². The van der Waals surface area contributed by atoms with Crippen LogP contribution in [0.25, 0.3) is 5.69 Å². The fourth-order valence-corrected chi connectivity index (χ4v) is 4.16. The van der Waals surface area contributed by atoms with Gasteiger partial charge in [0.15, 0.2) is 10.7 Å². The molecule has 2 aromatic carbocycles. The number of nitriles is 1. The van der Waals surface area contributed by atoms with Crippen LogP contribution in [0.1, 0.15) is 16.1 Å². The van der Waals surface area contributed by atoms with Crippen molar-refractivity contribution in [2.45, 2.75) is 6.92 Å². The average Bonchev–Trinajstić information content (AvgIpc) is 3.31. The van der Waals surface area contributed by atoms with Gasteiger partial charge < -0.3 is 0 Å². The lowest BCUT2D eigenvalue weighted by Crippen LogP contribution is -2.13. The lowest BCUT2D eigenvalue weighted by atomic mass is 10.3. The Hall–Kier alpha value is -4.40. The van der Waals surface area contributed by atoms with Crippen LogP contribution in [0.15, 0.2) is 74.6 Å². The number of hydrogen-bond donors (Lipinski definition) is 1. The number of azo groups is 1. The Bertz CT molecular complexity index is 1530. The molecule has 4 aromatic rings. The van der Waals surface area contributed by atoms with E-state index < -0.39 is 4.92 Å². The number of thiophene rings is 1. The van der Waals surface area contributed by atoms with Gasteiger partial charge in [-0.3, -0.25) is 25.0 Å². The van der Waals surface area contributed by atoms with Gasteiger partial charge in [0, 0.05) is 18.3 Å². The quantitative estimate of drug-likeness (QED) is 0.150. The molecule has 0 unspecified atom stereocenters. The highest BCUT2D eigenvalue weighted by Gasteiger charge is 2.17. The molecule has 1 N–H and O–H groups in total. The minimum atomic E-state index is -0.499. The zero-order chi connectivity index (χ0) is 24.2. The predicted octanol–water partition coefficient (Wildman–Crippen LogP) is 6.13. The molecule has 2 aromatic heterocycles. The fourth-order valence-electron chi connectivity index (χ4n) is 2.97. The molecule has 2 heterocycles. The number of rotatable bonds is 6. The van der Waals surface area contributed by atoms with Crippen LogP contribution in [0.5, 0.6) is 0 Å². The number of aryl methyl sites for hydroxylation is 1. The number of nitrogens with one attached hydrogen (secondary N) is 1. The second kappa shape index (κ2) is 9.62. The molecule has 0 aliphatic rings. The van der Waals surface area contributed by atoms with Gasteiger partial charge in [0.2, 0.25) is 0 Å². The zero-order valence-electron chi connectivity index (χ0n) is 17.5. The Kier molecular flexibility index (Phi) is 6.44. The highest BCUT2D eigenvalue weighted by Crippen LogP contribution is 2.38. The molecule has 168 valence electrons. The smallest absolute Gasteiger partial charge is 0.293 e. The van der Waals surface area contributed by atoms with Crippen LogP contribution in [0.4, 0.5) is 22.1 Å². The van der Waals surface area contributed by atoms with Gasteiger partial charge >= 0.3 is 0 Å². The number of hydrogen-bond acceptors (Lipinski definition) is 8. The Morgan fingerprint density at radius 2 is 1.88 bits per heavy atom. The molecule has 0 aliphatic carbocycles. The lowest BCUT2D eigenvalue weighted by Gasteiger charge is -1.99. The number of non-ortho nitro benzene ring substituents is 1. The van der Waals surface area contributed by atoms with Crippen molar-refractivity contribution < 1.29 is 4.92 Å². The molecule has 34 heavy (non-hydrogen) atoms. The summed E-state index contributed by atoms with van der Waals surface area (Å²) in [7, 11) is 0. The normalized spacial score (nSPS) is 11.3. The summed E-state index contributed by atoms with van der Waals surface area (Å²) < 4.78 is 1.36.